The van der Waals surface area contributed by atoms with E-state index >= 15 is 0 Å². The fourth-order valence-corrected chi connectivity index (χ4v) is 3.11. The number of aromatic nitrogens is 5. The monoisotopic (exact) mass is 415 g/mol. The number of rotatable bonds is 7. The Bertz CT molecular complexity index is 1220. The average molecular weight is 415 g/mol. The number of aryl methyl sites for hydroxylation is 1. The second-order valence-corrected chi connectivity index (χ2v) is 6.76. The van der Waals surface area contributed by atoms with Crippen molar-refractivity contribution in [3.05, 3.63) is 66.7 Å². The van der Waals surface area contributed by atoms with E-state index in [9.17, 15) is 4.79 Å². The highest BCUT2D eigenvalue weighted by Gasteiger charge is 2.17. The molecule has 9 nitrogen and oxygen atoms in total. The Morgan fingerprint density at radius 3 is 2.55 bits per heavy atom. The minimum absolute atomic E-state index is 0.110. The van der Waals surface area contributed by atoms with Crippen molar-refractivity contribution in [3.63, 3.8) is 0 Å². The van der Waals surface area contributed by atoms with Gasteiger partial charge in [0.1, 0.15) is 18.0 Å². The summed E-state index contributed by atoms with van der Waals surface area (Å²) in [5.41, 5.74) is 2.45. The second kappa shape index (κ2) is 8.62. The molecule has 9 heteroatoms. The molecule has 0 aliphatic carbocycles. The van der Waals surface area contributed by atoms with Gasteiger partial charge >= 0.3 is 0 Å². The minimum Gasteiger partial charge on any atom is -0.494 e. The molecular weight excluding hydrogens is 394 g/mol. The molecule has 1 aromatic carbocycles. The fraction of sp³-hybridized carbons (Fsp3) is 0.136. The summed E-state index contributed by atoms with van der Waals surface area (Å²) in [4.78, 5) is 25.1. The molecule has 0 aliphatic rings. The van der Waals surface area contributed by atoms with Crippen LogP contribution in [0.3, 0.4) is 0 Å². The Labute approximate surface area is 179 Å². The molecule has 156 valence electrons. The number of Topliss-reactive ketones (excluding diaryl/α,β-unsaturated/α-hetero) is 1. The Balaban J connectivity index is 1.72. The van der Waals surface area contributed by atoms with Crippen LogP contribution < -0.4 is 15.4 Å². The lowest BCUT2D eigenvalue weighted by Gasteiger charge is -2.16. The Kier molecular flexibility index (Phi) is 5.57. The van der Waals surface area contributed by atoms with Gasteiger partial charge in [-0.05, 0) is 31.2 Å². The third-order valence-electron chi connectivity index (χ3n) is 4.53. The van der Waals surface area contributed by atoms with Crippen LogP contribution in [0.1, 0.15) is 17.3 Å². The third kappa shape index (κ3) is 4.35. The smallest absolute Gasteiger partial charge is 0.184 e. The van der Waals surface area contributed by atoms with Crippen molar-refractivity contribution >= 4 is 28.8 Å². The highest BCUT2D eigenvalue weighted by Crippen LogP contribution is 2.37. The van der Waals surface area contributed by atoms with Crippen molar-refractivity contribution in [1.82, 2.24) is 24.7 Å². The summed E-state index contributed by atoms with van der Waals surface area (Å²) in [6.45, 7) is 1.50. The minimum atomic E-state index is -0.110. The molecule has 0 saturated carbocycles. The SMILES string of the molecule is COc1c(Nc2cc(Nc3ccccn3)ncc2C(C)=O)cccc1-c1ncn(C)n1. The number of methoxy groups -OCH3 is 1. The largest absolute Gasteiger partial charge is 0.494 e. The summed E-state index contributed by atoms with van der Waals surface area (Å²) in [7, 11) is 3.39. The van der Waals surface area contributed by atoms with Gasteiger partial charge in [0.05, 0.1) is 29.6 Å². The number of hydrogen-bond acceptors (Lipinski definition) is 8. The van der Waals surface area contributed by atoms with Crippen molar-refractivity contribution in [2.45, 2.75) is 6.92 Å². The van der Waals surface area contributed by atoms with Gasteiger partial charge in [0.15, 0.2) is 17.4 Å². The van der Waals surface area contributed by atoms with Crippen LogP contribution in [0.15, 0.2) is 61.2 Å². The van der Waals surface area contributed by atoms with Crippen LogP contribution in [0.25, 0.3) is 11.4 Å². The van der Waals surface area contributed by atoms with E-state index in [1.165, 1.54) is 13.1 Å². The standard InChI is InChI=1S/C22H21N7O2/c1-14(30)16-12-24-20(27-19-9-4-5-10-23-19)11-18(16)26-17-8-6-7-15(21(17)31-3)22-25-13-29(2)28-22/h4-13H,1-3H3,(H2,23,24,26,27). The van der Waals surface area contributed by atoms with Gasteiger partial charge in [-0.25, -0.2) is 15.0 Å². The number of para-hydroxylation sites is 1. The topological polar surface area (TPSA) is 107 Å². The van der Waals surface area contributed by atoms with Gasteiger partial charge in [0, 0.05) is 25.5 Å². The number of pyridine rings is 2. The molecule has 3 aromatic heterocycles. The third-order valence-corrected chi connectivity index (χ3v) is 4.53. The molecule has 0 spiro atoms. The molecule has 0 unspecified atom stereocenters. The van der Waals surface area contributed by atoms with E-state index in [1.807, 2.05) is 36.4 Å². The zero-order valence-electron chi connectivity index (χ0n) is 17.3. The first-order valence-electron chi connectivity index (χ1n) is 9.54. The van der Waals surface area contributed by atoms with E-state index in [1.54, 1.807) is 37.4 Å². The first kappa shape index (κ1) is 20.0. The lowest BCUT2D eigenvalue weighted by atomic mass is 10.1. The number of nitrogens with one attached hydrogen (secondary N) is 2. The zero-order chi connectivity index (χ0) is 21.8. The van der Waals surface area contributed by atoms with Crippen LogP contribution in [-0.4, -0.2) is 37.6 Å². The normalized spacial score (nSPS) is 10.5. The van der Waals surface area contributed by atoms with Gasteiger partial charge < -0.3 is 15.4 Å². The second-order valence-electron chi connectivity index (χ2n) is 6.76. The molecule has 31 heavy (non-hydrogen) atoms. The van der Waals surface area contributed by atoms with Crippen LogP contribution in [-0.2, 0) is 7.05 Å². The molecule has 0 fully saturated rings. The molecule has 4 aromatic rings. The van der Waals surface area contributed by atoms with E-state index in [4.69, 9.17) is 4.74 Å². The maximum Gasteiger partial charge on any atom is 0.184 e. The summed E-state index contributed by atoms with van der Waals surface area (Å²) in [6, 6.07) is 12.9. The van der Waals surface area contributed by atoms with Gasteiger partial charge in [-0.15, -0.1) is 0 Å². The molecule has 3 heterocycles. The molecule has 0 atom stereocenters. The molecule has 0 bridgehead atoms. The van der Waals surface area contributed by atoms with Crippen LogP contribution in [0, 0.1) is 0 Å². The summed E-state index contributed by atoms with van der Waals surface area (Å²) in [5.74, 6) is 2.20. The Morgan fingerprint density at radius 1 is 1.00 bits per heavy atom. The number of anilines is 4. The molecule has 4 rings (SSSR count). The maximum absolute atomic E-state index is 12.2. The number of carbonyl (C=O) groups excluding carboxylic acids is 1. The van der Waals surface area contributed by atoms with Crippen LogP contribution in [0.2, 0.25) is 0 Å². The first-order valence-corrected chi connectivity index (χ1v) is 9.54. The fourth-order valence-electron chi connectivity index (χ4n) is 3.11. The van der Waals surface area contributed by atoms with Crippen LogP contribution >= 0.6 is 0 Å². The summed E-state index contributed by atoms with van der Waals surface area (Å²) in [6.07, 6.45) is 4.85. The van der Waals surface area contributed by atoms with Gasteiger partial charge in [-0.3, -0.25) is 9.48 Å². The number of hydrogen-bond donors (Lipinski definition) is 2. The van der Waals surface area contributed by atoms with Gasteiger partial charge in [0.25, 0.3) is 0 Å². The van der Waals surface area contributed by atoms with Crippen molar-refractivity contribution in [1.29, 1.82) is 0 Å². The summed E-state index contributed by atoms with van der Waals surface area (Å²) >= 11 is 0. The molecule has 0 amide bonds. The molecule has 2 N–H and O–H groups in total. The maximum atomic E-state index is 12.2. The Hall–Kier alpha value is -4.27. The number of ketones is 1. The van der Waals surface area contributed by atoms with E-state index in [0.717, 1.165) is 5.56 Å². The molecule has 0 saturated heterocycles. The first-order chi connectivity index (χ1) is 15.0. The van der Waals surface area contributed by atoms with E-state index in [-0.39, 0.29) is 5.78 Å². The lowest BCUT2D eigenvalue weighted by molar-refractivity contribution is 0.101. The average Bonchev–Trinajstić information content (AvgIpc) is 3.20. The number of carbonyl (C=O) groups is 1. The number of ether oxygens (including phenoxy) is 1. The van der Waals surface area contributed by atoms with Crippen LogP contribution in [0.5, 0.6) is 5.75 Å². The van der Waals surface area contributed by atoms with Crippen molar-refractivity contribution < 1.29 is 9.53 Å². The van der Waals surface area contributed by atoms with Crippen molar-refractivity contribution in [2.75, 3.05) is 17.7 Å². The number of nitrogens with zero attached hydrogens (tertiary/aromatic N) is 5. The number of benzene rings is 1. The van der Waals surface area contributed by atoms with Crippen molar-refractivity contribution in [2.24, 2.45) is 7.05 Å². The van der Waals surface area contributed by atoms with Gasteiger partial charge in [-0.2, -0.15) is 5.10 Å². The van der Waals surface area contributed by atoms with E-state index in [0.29, 0.717) is 40.1 Å². The quantitative estimate of drug-likeness (QED) is 0.437. The van der Waals surface area contributed by atoms with Crippen molar-refractivity contribution in [3.8, 4) is 17.1 Å². The predicted molar refractivity (Wildman–Crippen MR) is 118 cm³/mol. The molecule has 0 aliphatic heterocycles. The van der Waals surface area contributed by atoms with Gasteiger partial charge in [0.2, 0.25) is 0 Å². The zero-order valence-corrected chi connectivity index (χ0v) is 17.3. The molecular formula is C22H21N7O2. The highest BCUT2D eigenvalue weighted by molar-refractivity contribution is 6.00. The van der Waals surface area contributed by atoms with E-state index < -0.39 is 0 Å². The highest BCUT2D eigenvalue weighted by atomic mass is 16.5. The van der Waals surface area contributed by atoms with Crippen LogP contribution in [0.4, 0.5) is 23.0 Å². The lowest BCUT2D eigenvalue weighted by Crippen LogP contribution is -2.05. The Morgan fingerprint density at radius 2 is 1.87 bits per heavy atom. The summed E-state index contributed by atoms with van der Waals surface area (Å²) in [5, 5.41) is 10.8. The predicted octanol–water partition coefficient (Wildman–Crippen LogP) is 3.97. The van der Waals surface area contributed by atoms with Gasteiger partial charge in [-0.1, -0.05) is 12.1 Å². The van der Waals surface area contributed by atoms with E-state index in [2.05, 4.69) is 30.7 Å². The molecule has 0 radical (unpaired) electrons. The summed E-state index contributed by atoms with van der Waals surface area (Å²) < 4.78 is 7.29.